The average Bonchev–Trinajstić information content (AvgIpc) is 2.51. The lowest BCUT2D eigenvalue weighted by molar-refractivity contribution is 0.341. The van der Waals surface area contributed by atoms with Crippen molar-refractivity contribution in [3.63, 3.8) is 0 Å². The average molecular weight is 285 g/mol. The summed E-state index contributed by atoms with van der Waals surface area (Å²) in [5.41, 5.74) is 4.35. The molecule has 1 N–H and O–H groups in total. The maximum atomic E-state index is 5.51. The zero-order valence-corrected chi connectivity index (χ0v) is 12.2. The zero-order valence-electron chi connectivity index (χ0n) is 12.2. The van der Waals surface area contributed by atoms with Gasteiger partial charge in [0, 0.05) is 0 Å². The van der Waals surface area contributed by atoms with Crippen molar-refractivity contribution < 1.29 is 9.47 Å². The van der Waals surface area contributed by atoms with Gasteiger partial charge in [-0.15, -0.1) is 5.11 Å². The second-order valence-corrected chi connectivity index (χ2v) is 4.14. The molecule has 2 aromatic rings. The van der Waals surface area contributed by atoms with Gasteiger partial charge in [0.05, 0.1) is 18.9 Å². The van der Waals surface area contributed by atoms with E-state index < -0.39 is 0 Å². The molecule has 0 aliphatic rings. The Kier molecular flexibility index (Phi) is 5.58. The minimum atomic E-state index is 0.590. The lowest BCUT2D eigenvalue weighted by Gasteiger charge is -2.08. The number of hydrogen-bond acceptors (Lipinski definition) is 4. The molecule has 0 bridgehead atoms. The van der Waals surface area contributed by atoms with E-state index in [9.17, 15) is 0 Å². The topological polar surface area (TPSA) is 55.2 Å². The fourth-order valence-corrected chi connectivity index (χ4v) is 1.79. The highest BCUT2D eigenvalue weighted by molar-refractivity contribution is 5.56. The summed E-state index contributed by atoms with van der Waals surface area (Å²) in [4.78, 5) is 0. The Morgan fingerprint density at radius 1 is 0.857 bits per heavy atom. The molecular formula is C16H19N3O2. The van der Waals surface area contributed by atoms with Gasteiger partial charge in [0.25, 0.3) is 0 Å². The van der Waals surface area contributed by atoms with Crippen LogP contribution in [0.15, 0.2) is 58.9 Å². The van der Waals surface area contributed by atoms with E-state index in [0.717, 1.165) is 11.4 Å². The molecule has 0 heterocycles. The van der Waals surface area contributed by atoms with Gasteiger partial charge in [0.1, 0.15) is 17.2 Å². The summed E-state index contributed by atoms with van der Waals surface area (Å²) in [6, 6.07) is 15.1. The van der Waals surface area contributed by atoms with Gasteiger partial charge in [-0.1, -0.05) is 29.5 Å². The molecular weight excluding hydrogens is 266 g/mol. The SMILES string of the molecule is CCOc1ccccc1N=NNc1ccccc1OCC. The van der Waals surface area contributed by atoms with Gasteiger partial charge in [0.2, 0.25) is 0 Å². The molecule has 0 aliphatic carbocycles. The van der Waals surface area contributed by atoms with Crippen LogP contribution < -0.4 is 14.9 Å². The summed E-state index contributed by atoms with van der Waals surface area (Å²) in [5.74, 6) is 1.46. The summed E-state index contributed by atoms with van der Waals surface area (Å²) in [6.07, 6.45) is 0. The van der Waals surface area contributed by atoms with Crippen LogP contribution in [0.5, 0.6) is 11.5 Å². The molecule has 0 radical (unpaired) electrons. The maximum Gasteiger partial charge on any atom is 0.146 e. The number of hydrogen-bond donors (Lipinski definition) is 1. The third kappa shape index (κ3) is 4.21. The first-order valence-electron chi connectivity index (χ1n) is 6.95. The molecule has 2 aromatic carbocycles. The molecule has 0 atom stereocenters. The Labute approximate surface area is 124 Å². The minimum absolute atomic E-state index is 0.590. The van der Waals surface area contributed by atoms with Gasteiger partial charge in [-0.25, -0.2) is 0 Å². The van der Waals surface area contributed by atoms with Crippen LogP contribution in [0.2, 0.25) is 0 Å². The highest BCUT2D eigenvalue weighted by Crippen LogP contribution is 2.28. The van der Waals surface area contributed by atoms with E-state index in [1.807, 2.05) is 62.4 Å². The molecule has 0 saturated carbocycles. The quantitative estimate of drug-likeness (QED) is 0.597. The summed E-state index contributed by atoms with van der Waals surface area (Å²) >= 11 is 0. The molecule has 0 saturated heterocycles. The third-order valence-electron chi connectivity index (χ3n) is 2.68. The lowest BCUT2D eigenvalue weighted by atomic mass is 10.3. The minimum Gasteiger partial charge on any atom is -0.492 e. The van der Waals surface area contributed by atoms with Gasteiger partial charge < -0.3 is 9.47 Å². The van der Waals surface area contributed by atoms with Crippen molar-refractivity contribution in [2.24, 2.45) is 10.3 Å². The Morgan fingerprint density at radius 2 is 1.48 bits per heavy atom. The monoisotopic (exact) mass is 285 g/mol. The van der Waals surface area contributed by atoms with Gasteiger partial charge in [0.15, 0.2) is 0 Å². The van der Waals surface area contributed by atoms with Crippen molar-refractivity contribution in [1.29, 1.82) is 0 Å². The fourth-order valence-electron chi connectivity index (χ4n) is 1.79. The molecule has 0 amide bonds. The highest BCUT2D eigenvalue weighted by Gasteiger charge is 2.02. The molecule has 5 nitrogen and oxygen atoms in total. The standard InChI is InChI=1S/C16H19N3O2/c1-3-20-15-11-7-5-9-13(15)17-19-18-14-10-6-8-12-16(14)21-4-2/h5-12H,3-4H2,1-2H3,(H,17,18). The largest absolute Gasteiger partial charge is 0.492 e. The van der Waals surface area contributed by atoms with Crippen LogP contribution in [0.25, 0.3) is 0 Å². The van der Waals surface area contributed by atoms with Crippen molar-refractivity contribution in [3.05, 3.63) is 48.5 Å². The van der Waals surface area contributed by atoms with Crippen LogP contribution in [0, 0.1) is 0 Å². The lowest BCUT2D eigenvalue weighted by Crippen LogP contribution is -1.96. The van der Waals surface area contributed by atoms with Gasteiger partial charge >= 0.3 is 0 Å². The number of benzene rings is 2. The summed E-state index contributed by atoms with van der Waals surface area (Å²) in [6.45, 7) is 5.07. The predicted molar refractivity (Wildman–Crippen MR) is 83.4 cm³/mol. The number of rotatable bonds is 7. The number of ether oxygens (including phenoxy) is 2. The number of anilines is 1. The predicted octanol–water partition coefficient (Wildman–Crippen LogP) is 4.59. The molecule has 2 rings (SSSR count). The molecule has 0 aliphatic heterocycles. The van der Waals surface area contributed by atoms with E-state index in [1.165, 1.54) is 0 Å². The van der Waals surface area contributed by atoms with Crippen LogP contribution in [0.3, 0.4) is 0 Å². The molecule has 110 valence electrons. The fraction of sp³-hybridized carbons (Fsp3) is 0.250. The summed E-state index contributed by atoms with van der Waals surface area (Å²) < 4.78 is 11.0. The Bertz CT molecular complexity index is 600. The van der Waals surface area contributed by atoms with Crippen molar-refractivity contribution in [1.82, 2.24) is 0 Å². The Balaban J connectivity index is 2.09. The van der Waals surface area contributed by atoms with E-state index in [4.69, 9.17) is 9.47 Å². The van der Waals surface area contributed by atoms with E-state index in [-0.39, 0.29) is 0 Å². The molecule has 0 aromatic heterocycles. The van der Waals surface area contributed by atoms with Crippen LogP contribution in [-0.2, 0) is 0 Å². The molecule has 21 heavy (non-hydrogen) atoms. The maximum absolute atomic E-state index is 5.51. The van der Waals surface area contributed by atoms with Gasteiger partial charge in [-0.3, -0.25) is 5.43 Å². The van der Waals surface area contributed by atoms with E-state index in [0.29, 0.717) is 24.7 Å². The Morgan fingerprint density at radius 3 is 2.24 bits per heavy atom. The zero-order chi connectivity index (χ0) is 14.9. The Hall–Kier alpha value is -2.56. The third-order valence-corrected chi connectivity index (χ3v) is 2.68. The first kappa shape index (κ1) is 14.8. The van der Waals surface area contributed by atoms with E-state index in [1.54, 1.807) is 0 Å². The van der Waals surface area contributed by atoms with Crippen molar-refractivity contribution >= 4 is 11.4 Å². The molecule has 0 fully saturated rings. The summed E-state index contributed by atoms with van der Waals surface area (Å²) in [7, 11) is 0. The van der Waals surface area contributed by atoms with Crippen LogP contribution in [0.4, 0.5) is 11.4 Å². The van der Waals surface area contributed by atoms with Gasteiger partial charge in [-0.2, -0.15) is 0 Å². The van der Waals surface area contributed by atoms with Crippen molar-refractivity contribution in [2.45, 2.75) is 13.8 Å². The first-order valence-corrected chi connectivity index (χ1v) is 6.95. The summed E-state index contributed by atoms with van der Waals surface area (Å²) in [5, 5.41) is 8.17. The second-order valence-electron chi connectivity index (χ2n) is 4.14. The molecule has 0 unspecified atom stereocenters. The van der Waals surface area contributed by atoms with E-state index in [2.05, 4.69) is 15.8 Å². The van der Waals surface area contributed by atoms with Crippen molar-refractivity contribution in [2.75, 3.05) is 18.6 Å². The normalized spacial score (nSPS) is 10.6. The van der Waals surface area contributed by atoms with Crippen LogP contribution in [-0.4, -0.2) is 13.2 Å². The second kappa shape index (κ2) is 7.89. The number of nitrogens with one attached hydrogen (secondary N) is 1. The van der Waals surface area contributed by atoms with Crippen LogP contribution >= 0.6 is 0 Å². The van der Waals surface area contributed by atoms with Crippen LogP contribution in [0.1, 0.15) is 13.8 Å². The van der Waals surface area contributed by atoms with E-state index >= 15 is 0 Å². The first-order chi connectivity index (χ1) is 10.3. The number of nitrogens with zero attached hydrogens (tertiary/aromatic N) is 2. The molecule has 0 spiro atoms. The molecule has 5 heteroatoms. The van der Waals surface area contributed by atoms with Gasteiger partial charge in [-0.05, 0) is 38.1 Å². The van der Waals surface area contributed by atoms with Crippen molar-refractivity contribution in [3.8, 4) is 11.5 Å². The smallest absolute Gasteiger partial charge is 0.146 e. The number of para-hydroxylation sites is 3. The highest BCUT2D eigenvalue weighted by atomic mass is 16.5.